The van der Waals surface area contributed by atoms with Gasteiger partial charge in [0.15, 0.2) is 0 Å². The third-order valence-corrected chi connectivity index (χ3v) is 3.43. The van der Waals surface area contributed by atoms with E-state index in [1.54, 1.807) is 0 Å². The molecule has 0 aliphatic carbocycles. The molecule has 4 nitrogen and oxygen atoms in total. The number of hydrogen-bond donors (Lipinski definition) is 2. The number of carbonyl (C=O) groups is 1. The highest BCUT2D eigenvalue weighted by Crippen LogP contribution is 2.18. The number of H-pyrrole nitrogens is 1. The number of hydrogen-bond acceptors (Lipinski definition) is 2. The van der Waals surface area contributed by atoms with Gasteiger partial charge in [-0.2, -0.15) is 0 Å². The van der Waals surface area contributed by atoms with Crippen LogP contribution in [0.25, 0.3) is 0 Å². The summed E-state index contributed by atoms with van der Waals surface area (Å²) in [5.41, 5.74) is 1.98. The standard InChI is InChI=1S/C13H20N2O2/c1-10-2-4-15(5-3-10)9-11-6-12(14-8-11)7-13(16)17/h6,8,10,14H,2-5,7,9H2,1H3,(H,16,17). The van der Waals surface area contributed by atoms with Crippen molar-refractivity contribution in [2.24, 2.45) is 5.92 Å². The molecule has 0 atom stereocenters. The summed E-state index contributed by atoms with van der Waals surface area (Å²) >= 11 is 0. The van der Waals surface area contributed by atoms with Crippen molar-refractivity contribution in [3.8, 4) is 0 Å². The highest BCUT2D eigenvalue weighted by atomic mass is 16.4. The largest absolute Gasteiger partial charge is 0.481 e. The van der Waals surface area contributed by atoms with E-state index in [0.717, 1.165) is 31.2 Å². The zero-order chi connectivity index (χ0) is 12.3. The number of nitrogens with zero attached hydrogens (tertiary/aromatic N) is 1. The first-order valence-electron chi connectivity index (χ1n) is 6.24. The quantitative estimate of drug-likeness (QED) is 0.839. The summed E-state index contributed by atoms with van der Waals surface area (Å²) in [5.74, 6) is 0.0604. The molecular formula is C13H20N2O2. The summed E-state index contributed by atoms with van der Waals surface area (Å²) < 4.78 is 0. The Bertz CT molecular complexity index is 379. The summed E-state index contributed by atoms with van der Waals surface area (Å²) in [5, 5.41) is 8.70. The van der Waals surface area contributed by atoms with Gasteiger partial charge in [-0.15, -0.1) is 0 Å². The van der Waals surface area contributed by atoms with Gasteiger partial charge in [-0.25, -0.2) is 0 Å². The van der Waals surface area contributed by atoms with E-state index >= 15 is 0 Å². The lowest BCUT2D eigenvalue weighted by molar-refractivity contribution is -0.136. The predicted molar refractivity (Wildman–Crippen MR) is 65.8 cm³/mol. The minimum absolute atomic E-state index is 0.0804. The molecule has 1 aliphatic heterocycles. The fourth-order valence-corrected chi connectivity index (χ4v) is 2.33. The molecule has 0 unspecified atom stereocenters. The van der Waals surface area contributed by atoms with E-state index in [2.05, 4.69) is 16.8 Å². The van der Waals surface area contributed by atoms with Crippen molar-refractivity contribution in [1.82, 2.24) is 9.88 Å². The molecule has 94 valence electrons. The maximum atomic E-state index is 10.6. The average Bonchev–Trinajstić information content (AvgIpc) is 2.68. The molecule has 1 aliphatic rings. The Morgan fingerprint density at radius 1 is 1.53 bits per heavy atom. The lowest BCUT2D eigenvalue weighted by Gasteiger charge is -2.29. The Hall–Kier alpha value is -1.29. The molecule has 0 saturated carbocycles. The lowest BCUT2D eigenvalue weighted by Crippen LogP contribution is -2.32. The number of likely N-dealkylation sites (tertiary alicyclic amines) is 1. The summed E-state index contributed by atoms with van der Waals surface area (Å²) in [6.45, 7) is 5.54. The number of aromatic nitrogens is 1. The van der Waals surface area contributed by atoms with Crippen molar-refractivity contribution in [3.05, 3.63) is 23.5 Å². The van der Waals surface area contributed by atoms with Crippen molar-refractivity contribution in [2.45, 2.75) is 32.7 Å². The molecule has 2 N–H and O–H groups in total. The fourth-order valence-electron chi connectivity index (χ4n) is 2.33. The van der Waals surface area contributed by atoms with Crippen molar-refractivity contribution in [1.29, 1.82) is 0 Å². The van der Waals surface area contributed by atoms with Crippen LogP contribution in [0.15, 0.2) is 12.3 Å². The number of rotatable bonds is 4. The zero-order valence-electron chi connectivity index (χ0n) is 10.3. The van der Waals surface area contributed by atoms with Crippen LogP contribution in [0.2, 0.25) is 0 Å². The summed E-state index contributed by atoms with van der Waals surface area (Å²) in [6, 6.07) is 1.96. The molecular weight excluding hydrogens is 216 g/mol. The van der Waals surface area contributed by atoms with E-state index in [1.807, 2.05) is 12.3 Å². The Labute approximate surface area is 102 Å². The molecule has 0 aromatic carbocycles. The molecule has 0 amide bonds. The second-order valence-corrected chi connectivity index (χ2v) is 5.06. The molecule has 2 rings (SSSR count). The Balaban J connectivity index is 1.86. The van der Waals surface area contributed by atoms with Gasteiger partial charge in [0.1, 0.15) is 0 Å². The molecule has 1 aromatic heterocycles. The summed E-state index contributed by atoms with van der Waals surface area (Å²) in [6.07, 6.45) is 4.55. The summed E-state index contributed by atoms with van der Waals surface area (Å²) in [7, 11) is 0. The average molecular weight is 236 g/mol. The van der Waals surface area contributed by atoms with Crippen LogP contribution in [-0.2, 0) is 17.8 Å². The number of piperidine rings is 1. The number of nitrogens with one attached hydrogen (secondary N) is 1. The highest BCUT2D eigenvalue weighted by Gasteiger charge is 2.16. The summed E-state index contributed by atoms with van der Waals surface area (Å²) in [4.78, 5) is 16.0. The second-order valence-electron chi connectivity index (χ2n) is 5.06. The van der Waals surface area contributed by atoms with Crippen LogP contribution >= 0.6 is 0 Å². The first kappa shape index (κ1) is 12.2. The fraction of sp³-hybridized carbons (Fsp3) is 0.615. The van der Waals surface area contributed by atoms with Crippen molar-refractivity contribution >= 4 is 5.97 Å². The number of aromatic amines is 1. The van der Waals surface area contributed by atoms with Crippen LogP contribution in [0.1, 0.15) is 31.0 Å². The maximum absolute atomic E-state index is 10.6. The van der Waals surface area contributed by atoms with Gasteiger partial charge in [0.2, 0.25) is 0 Å². The third kappa shape index (κ3) is 3.60. The Morgan fingerprint density at radius 2 is 2.24 bits per heavy atom. The van der Waals surface area contributed by atoms with Gasteiger partial charge in [-0.05, 0) is 43.5 Å². The first-order chi connectivity index (χ1) is 8.13. The molecule has 0 spiro atoms. The maximum Gasteiger partial charge on any atom is 0.309 e. The molecule has 0 bridgehead atoms. The smallest absolute Gasteiger partial charge is 0.309 e. The molecule has 1 fully saturated rings. The minimum atomic E-state index is -0.787. The Morgan fingerprint density at radius 3 is 2.88 bits per heavy atom. The van der Waals surface area contributed by atoms with Gasteiger partial charge in [0.05, 0.1) is 6.42 Å². The number of carboxylic acid groups (broad SMARTS) is 1. The van der Waals surface area contributed by atoms with E-state index in [1.165, 1.54) is 18.4 Å². The minimum Gasteiger partial charge on any atom is -0.481 e. The van der Waals surface area contributed by atoms with Gasteiger partial charge >= 0.3 is 5.97 Å². The molecule has 0 radical (unpaired) electrons. The van der Waals surface area contributed by atoms with E-state index < -0.39 is 5.97 Å². The molecule has 1 aromatic rings. The van der Waals surface area contributed by atoms with E-state index in [9.17, 15) is 4.79 Å². The molecule has 17 heavy (non-hydrogen) atoms. The predicted octanol–water partition coefficient (Wildman–Crippen LogP) is 1.87. The molecule has 1 saturated heterocycles. The van der Waals surface area contributed by atoms with Gasteiger partial charge in [0, 0.05) is 18.4 Å². The molecule has 4 heteroatoms. The van der Waals surface area contributed by atoms with E-state index in [0.29, 0.717) is 0 Å². The van der Waals surface area contributed by atoms with Crippen LogP contribution < -0.4 is 0 Å². The normalized spacial score (nSPS) is 18.4. The van der Waals surface area contributed by atoms with Crippen LogP contribution in [0.4, 0.5) is 0 Å². The van der Waals surface area contributed by atoms with Crippen molar-refractivity contribution in [3.63, 3.8) is 0 Å². The lowest BCUT2D eigenvalue weighted by atomic mass is 9.99. The van der Waals surface area contributed by atoms with Gasteiger partial charge in [-0.3, -0.25) is 9.69 Å². The third-order valence-electron chi connectivity index (χ3n) is 3.43. The van der Waals surface area contributed by atoms with Crippen molar-refractivity contribution in [2.75, 3.05) is 13.1 Å². The van der Waals surface area contributed by atoms with E-state index in [-0.39, 0.29) is 6.42 Å². The first-order valence-corrected chi connectivity index (χ1v) is 6.24. The van der Waals surface area contributed by atoms with Crippen LogP contribution in [0.3, 0.4) is 0 Å². The van der Waals surface area contributed by atoms with Crippen LogP contribution in [0.5, 0.6) is 0 Å². The van der Waals surface area contributed by atoms with Crippen LogP contribution in [-0.4, -0.2) is 34.0 Å². The second kappa shape index (κ2) is 5.36. The van der Waals surface area contributed by atoms with Crippen LogP contribution in [0, 0.1) is 5.92 Å². The highest BCUT2D eigenvalue weighted by molar-refractivity contribution is 5.69. The Kier molecular flexibility index (Phi) is 3.84. The monoisotopic (exact) mass is 236 g/mol. The van der Waals surface area contributed by atoms with Crippen molar-refractivity contribution < 1.29 is 9.90 Å². The van der Waals surface area contributed by atoms with Gasteiger partial charge < -0.3 is 10.1 Å². The SMILES string of the molecule is CC1CCN(Cc2c[nH]c(CC(=O)O)c2)CC1. The molecule has 2 heterocycles. The van der Waals surface area contributed by atoms with Gasteiger partial charge in [0.25, 0.3) is 0 Å². The number of aliphatic carboxylic acids is 1. The number of carboxylic acids is 1. The zero-order valence-corrected chi connectivity index (χ0v) is 10.3. The van der Waals surface area contributed by atoms with E-state index in [4.69, 9.17) is 5.11 Å². The van der Waals surface area contributed by atoms with Gasteiger partial charge in [-0.1, -0.05) is 6.92 Å². The topological polar surface area (TPSA) is 56.3 Å².